The zero-order chi connectivity index (χ0) is 12.6. The number of halogens is 2. The monoisotopic (exact) mass is 254 g/mol. The van der Waals surface area contributed by atoms with Crippen LogP contribution in [0.1, 0.15) is 10.4 Å². The summed E-state index contributed by atoms with van der Waals surface area (Å²) in [6.45, 7) is 0. The van der Waals surface area contributed by atoms with E-state index >= 15 is 0 Å². The van der Waals surface area contributed by atoms with Crippen LogP contribution in [-0.4, -0.2) is 18.1 Å². The molecular formula is C11H8ClFN2O2. The van der Waals surface area contributed by atoms with Crippen molar-refractivity contribution in [2.45, 2.75) is 0 Å². The molecule has 0 saturated heterocycles. The maximum absolute atomic E-state index is 13.6. The van der Waals surface area contributed by atoms with Crippen LogP contribution in [0.3, 0.4) is 0 Å². The smallest absolute Gasteiger partial charge is 0.341 e. The van der Waals surface area contributed by atoms with Gasteiger partial charge < -0.3 is 10.5 Å². The van der Waals surface area contributed by atoms with Gasteiger partial charge in [0.1, 0.15) is 11.4 Å². The number of aromatic nitrogens is 1. The van der Waals surface area contributed by atoms with Crippen molar-refractivity contribution in [2.75, 3.05) is 12.8 Å². The Morgan fingerprint density at radius 3 is 2.88 bits per heavy atom. The van der Waals surface area contributed by atoms with Crippen molar-refractivity contribution in [2.24, 2.45) is 0 Å². The molecule has 1 aromatic carbocycles. The maximum Gasteiger partial charge on any atom is 0.341 e. The van der Waals surface area contributed by atoms with E-state index in [4.69, 9.17) is 17.3 Å². The molecule has 2 N–H and O–H groups in total. The Hall–Kier alpha value is -1.88. The zero-order valence-corrected chi connectivity index (χ0v) is 9.58. The molecule has 6 heteroatoms. The number of nitrogens with two attached hydrogens (primary N) is 1. The van der Waals surface area contributed by atoms with Gasteiger partial charge in [0.15, 0.2) is 0 Å². The van der Waals surface area contributed by atoms with Crippen molar-refractivity contribution in [1.82, 2.24) is 4.98 Å². The molecule has 0 unspecified atom stereocenters. The number of methoxy groups -OCH3 is 1. The third-order valence-electron chi connectivity index (χ3n) is 2.37. The van der Waals surface area contributed by atoms with Crippen molar-refractivity contribution in [3.05, 3.63) is 34.7 Å². The summed E-state index contributed by atoms with van der Waals surface area (Å²) >= 11 is 5.87. The molecule has 2 rings (SSSR count). The Bertz CT molecular complexity index is 616. The highest BCUT2D eigenvalue weighted by Crippen LogP contribution is 2.30. The number of esters is 1. The van der Waals surface area contributed by atoms with Crippen LogP contribution in [0.4, 0.5) is 10.1 Å². The fraction of sp³-hybridized carbons (Fsp3) is 0.0909. The normalized spacial score (nSPS) is 10.5. The number of rotatable bonds is 1. The number of hydrogen-bond donors (Lipinski definition) is 1. The second-order valence-corrected chi connectivity index (χ2v) is 3.74. The van der Waals surface area contributed by atoms with Gasteiger partial charge in [0.25, 0.3) is 0 Å². The van der Waals surface area contributed by atoms with E-state index in [9.17, 15) is 9.18 Å². The van der Waals surface area contributed by atoms with E-state index in [2.05, 4.69) is 9.72 Å². The highest BCUT2D eigenvalue weighted by molar-refractivity contribution is 6.35. The molecule has 0 fully saturated rings. The van der Waals surface area contributed by atoms with Crippen LogP contribution >= 0.6 is 11.6 Å². The van der Waals surface area contributed by atoms with Crippen LogP contribution in [-0.2, 0) is 4.74 Å². The summed E-state index contributed by atoms with van der Waals surface area (Å²) in [5.41, 5.74) is 5.93. The molecule has 4 nitrogen and oxygen atoms in total. The standard InChI is InChI=1S/C11H8ClFN2O2/c1-17-11(16)5-4-15-10-6(12)2-3-7(13)8(10)9(5)14/h2-4H,1H3,(H2,14,15). The first-order valence-electron chi connectivity index (χ1n) is 4.66. The summed E-state index contributed by atoms with van der Waals surface area (Å²) in [6, 6.07) is 2.55. The number of hydrogen-bond acceptors (Lipinski definition) is 4. The molecule has 0 amide bonds. The van der Waals surface area contributed by atoms with E-state index in [0.717, 1.165) is 0 Å². The third-order valence-corrected chi connectivity index (χ3v) is 2.67. The maximum atomic E-state index is 13.6. The second-order valence-electron chi connectivity index (χ2n) is 3.33. The number of benzene rings is 1. The fourth-order valence-electron chi connectivity index (χ4n) is 1.53. The molecule has 1 heterocycles. The number of ether oxygens (including phenoxy) is 1. The number of carbonyl (C=O) groups excluding carboxylic acids is 1. The van der Waals surface area contributed by atoms with Gasteiger partial charge in [0.2, 0.25) is 0 Å². The summed E-state index contributed by atoms with van der Waals surface area (Å²) < 4.78 is 18.2. The van der Waals surface area contributed by atoms with Gasteiger partial charge in [-0.2, -0.15) is 0 Å². The first-order valence-corrected chi connectivity index (χ1v) is 5.04. The summed E-state index contributed by atoms with van der Waals surface area (Å²) in [6.07, 6.45) is 1.22. The van der Waals surface area contributed by atoms with Crippen molar-refractivity contribution in [3.8, 4) is 0 Å². The quantitative estimate of drug-likeness (QED) is 0.794. The highest BCUT2D eigenvalue weighted by atomic mass is 35.5. The van der Waals surface area contributed by atoms with Gasteiger partial charge in [-0.15, -0.1) is 0 Å². The number of pyridine rings is 1. The number of anilines is 1. The van der Waals surface area contributed by atoms with Crippen LogP contribution in [0.2, 0.25) is 5.02 Å². The Morgan fingerprint density at radius 2 is 2.24 bits per heavy atom. The number of nitrogen functional groups attached to an aromatic ring is 1. The minimum absolute atomic E-state index is 0.0150. The van der Waals surface area contributed by atoms with Gasteiger partial charge in [-0.3, -0.25) is 4.98 Å². The van der Waals surface area contributed by atoms with Gasteiger partial charge in [0.05, 0.1) is 28.7 Å². The summed E-state index contributed by atoms with van der Waals surface area (Å²) in [7, 11) is 1.21. The van der Waals surface area contributed by atoms with Gasteiger partial charge in [-0.1, -0.05) is 11.6 Å². The lowest BCUT2D eigenvalue weighted by Gasteiger charge is -2.08. The lowest BCUT2D eigenvalue weighted by Crippen LogP contribution is -2.07. The average Bonchev–Trinajstić information content (AvgIpc) is 2.33. The van der Waals surface area contributed by atoms with Crippen molar-refractivity contribution in [1.29, 1.82) is 0 Å². The minimum Gasteiger partial charge on any atom is -0.465 e. The van der Waals surface area contributed by atoms with Crippen LogP contribution in [0.5, 0.6) is 0 Å². The van der Waals surface area contributed by atoms with Crippen LogP contribution in [0, 0.1) is 5.82 Å². The molecular weight excluding hydrogens is 247 g/mol. The number of fused-ring (bicyclic) bond motifs is 1. The zero-order valence-electron chi connectivity index (χ0n) is 8.83. The number of nitrogens with zero attached hydrogens (tertiary/aromatic N) is 1. The van der Waals surface area contributed by atoms with Crippen molar-refractivity contribution in [3.63, 3.8) is 0 Å². The van der Waals surface area contributed by atoms with E-state index in [0.29, 0.717) is 0 Å². The summed E-state index contributed by atoms with van der Waals surface area (Å²) in [5, 5.41) is 0.296. The predicted octanol–water partition coefficient (Wildman–Crippen LogP) is 2.40. The second kappa shape index (κ2) is 4.18. The summed E-state index contributed by atoms with van der Waals surface area (Å²) in [5.74, 6) is -1.25. The van der Waals surface area contributed by atoms with Gasteiger partial charge in [0, 0.05) is 6.20 Å². The van der Waals surface area contributed by atoms with E-state index < -0.39 is 11.8 Å². The molecule has 0 spiro atoms. The lowest BCUT2D eigenvalue weighted by atomic mass is 10.1. The third kappa shape index (κ3) is 1.78. The van der Waals surface area contributed by atoms with E-state index in [1.165, 1.54) is 25.4 Å². The molecule has 0 aliphatic heterocycles. The SMILES string of the molecule is COC(=O)c1cnc2c(Cl)ccc(F)c2c1N. The van der Waals surface area contributed by atoms with Gasteiger partial charge >= 0.3 is 5.97 Å². The molecule has 1 aromatic heterocycles. The fourth-order valence-corrected chi connectivity index (χ4v) is 1.74. The topological polar surface area (TPSA) is 65.2 Å². The van der Waals surface area contributed by atoms with Crippen LogP contribution in [0.15, 0.2) is 18.3 Å². The molecule has 2 aromatic rings. The average molecular weight is 255 g/mol. The minimum atomic E-state index is -0.670. The Balaban J connectivity index is 2.84. The van der Waals surface area contributed by atoms with Gasteiger partial charge in [-0.25, -0.2) is 9.18 Å². The van der Waals surface area contributed by atoms with Crippen LogP contribution < -0.4 is 5.73 Å². The molecule has 0 aliphatic rings. The molecule has 0 bridgehead atoms. The lowest BCUT2D eigenvalue weighted by molar-refractivity contribution is 0.0601. The molecule has 0 saturated carbocycles. The van der Waals surface area contributed by atoms with Gasteiger partial charge in [-0.05, 0) is 12.1 Å². The first kappa shape index (κ1) is 11.6. The summed E-state index contributed by atoms with van der Waals surface area (Å²) in [4.78, 5) is 15.3. The molecule has 0 radical (unpaired) electrons. The Kier molecular flexibility index (Phi) is 2.85. The predicted molar refractivity (Wildman–Crippen MR) is 62.5 cm³/mol. The van der Waals surface area contributed by atoms with E-state index in [-0.39, 0.29) is 27.2 Å². The van der Waals surface area contributed by atoms with E-state index in [1.807, 2.05) is 0 Å². The molecule has 0 aliphatic carbocycles. The van der Waals surface area contributed by atoms with E-state index in [1.54, 1.807) is 0 Å². The molecule has 88 valence electrons. The van der Waals surface area contributed by atoms with Crippen molar-refractivity contribution < 1.29 is 13.9 Å². The van der Waals surface area contributed by atoms with Crippen molar-refractivity contribution >= 4 is 34.2 Å². The number of carbonyl (C=O) groups is 1. The first-order chi connectivity index (χ1) is 8.06. The Labute approximate surface area is 101 Å². The van der Waals surface area contributed by atoms with Crippen LogP contribution in [0.25, 0.3) is 10.9 Å². The molecule has 17 heavy (non-hydrogen) atoms. The Morgan fingerprint density at radius 1 is 1.53 bits per heavy atom. The largest absolute Gasteiger partial charge is 0.465 e. The molecule has 0 atom stereocenters. The highest BCUT2D eigenvalue weighted by Gasteiger charge is 2.17.